The molecule has 4 aromatic rings. The molecule has 0 fully saturated rings. The van der Waals surface area contributed by atoms with E-state index >= 15 is 0 Å². The van der Waals surface area contributed by atoms with Crippen LogP contribution in [0.15, 0.2) is 66.7 Å². The predicted octanol–water partition coefficient (Wildman–Crippen LogP) is 6.15. The van der Waals surface area contributed by atoms with Gasteiger partial charge in [-0.2, -0.15) is 0 Å². The van der Waals surface area contributed by atoms with Crippen LogP contribution in [-0.4, -0.2) is 24.9 Å². The van der Waals surface area contributed by atoms with Crippen molar-refractivity contribution < 1.29 is 19.1 Å². The topological polar surface area (TPSA) is 84.5 Å². The summed E-state index contributed by atoms with van der Waals surface area (Å²) in [5, 5.41) is 6.81. The third kappa shape index (κ3) is 4.74. The highest BCUT2D eigenvalue weighted by molar-refractivity contribution is 7.21. The van der Waals surface area contributed by atoms with Crippen LogP contribution in [0.5, 0.6) is 0 Å². The number of benzene rings is 3. The van der Waals surface area contributed by atoms with Crippen molar-refractivity contribution in [3.63, 3.8) is 0 Å². The Labute approximate surface area is 199 Å². The molecule has 1 heterocycles. The molecule has 8 heteroatoms. The maximum absolute atomic E-state index is 13.0. The number of ether oxygens (including phenoxy) is 1. The van der Waals surface area contributed by atoms with Crippen molar-refractivity contribution in [1.82, 2.24) is 0 Å². The molecule has 2 amide bonds. The van der Waals surface area contributed by atoms with Crippen molar-refractivity contribution in [2.24, 2.45) is 0 Å². The van der Waals surface area contributed by atoms with E-state index in [1.807, 2.05) is 37.3 Å². The zero-order valence-electron chi connectivity index (χ0n) is 17.8. The summed E-state index contributed by atoms with van der Waals surface area (Å²) in [5.74, 6) is -1.25. The minimum atomic E-state index is -0.462. The Morgan fingerprint density at radius 1 is 0.909 bits per heavy atom. The number of thiophene rings is 1. The number of hydrogen-bond acceptors (Lipinski definition) is 5. The van der Waals surface area contributed by atoms with Gasteiger partial charge in [-0.25, -0.2) is 4.79 Å². The minimum Gasteiger partial charge on any atom is -0.465 e. The lowest BCUT2D eigenvalue weighted by Gasteiger charge is -2.12. The van der Waals surface area contributed by atoms with Gasteiger partial charge in [-0.1, -0.05) is 41.4 Å². The van der Waals surface area contributed by atoms with Gasteiger partial charge in [0.2, 0.25) is 0 Å². The third-order valence-corrected chi connectivity index (χ3v) is 6.65. The zero-order valence-corrected chi connectivity index (χ0v) is 19.3. The quantitative estimate of drug-likeness (QED) is 0.337. The molecule has 0 aliphatic rings. The largest absolute Gasteiger partial charge is 0.465 e. The fourth-order valence-electron chi connectivity index (χ4n) is 3.30. The standard InChI is InChI=1S/C25H19ClN2O4S/c1-14-7-12-19(28-24(30)22-21(26)17-5-3-4-6-20(17)33-22)18(13-14)23(29)27-16-10-8-15(9-11-16)25(31)32-2/h3-13H,1-2H3,(H,27,29)(H,28,30). The van der Waals surface area contributed by atoms with Gasteiger partial charge < -0.3 is 15.4 Å². The zero-order chi connectivity index (χ0) is 23.5. The monoisotopic (exact) mass is 478 g/mol. The molecule has 0 bridgehead atoms. The summed E-state index contributed by atoms with van der Waals surface area (Å²) in [6, 6.07) is 19.0. The number of methoxy groups -OCH3 is 1. The maximum atomic E-state index is 13.0. The number of aryl methyl sites for hydroxylation is 1. The van der Waals surface area contributed by atoms with Crippen LogP contribution in [-0.2, 0) is 4.74 Å². The van der Waals surface area contributed by atoms with E-state index in [2.05, 4.69) is 15.4 Å². The van der Waals surface area contributed by atoms with Gasteiger partial charge in [-0.15, -0.1) is 11.3 Å². The van der Waals surface area contributed by atoms with Gasteiger partial charge in [0.25, 0.3) is 11.8 Å². The van der Waals surface area contributed by atoms with E-state index in [0.29, 0.717) is 32.4 Å². The van der Waals surface area contributed by atoms with Gasteiger partial charge in [-0.05, 0) is 49.4 Å². The predicted molar refractivity (Wildman–Crippen MR) is 132 cm³/mol. The van der Waals surface area contributed by atoms with Gasteiger partial charge >= 0.3 is 5.97 Å². The third-order valence-electron chi connectivity index (χ3n) is 4.97. The lowest BCUT2D eigenvalue weighted by atomic mass is 10.1. The molecule has 0 aliphatic heterocycles. The number of hydrogen-bond donors (Lipinski definition) is 2. The Morgan fingerprint density at radius 3 is 2.33 bits per heavy atom. The number of amides is 2. The van der Waals surface area contributed by atoms with E-state index in [1.54, 1.807) is 36.4 Å². The highest BCUT2D eigenvalue weighted by Gasteiger charge is 2.20. The molecule has 0 atom stereocenters. The van der Waals surface area contributed by atoms with Crippen molar-refractivity contribution in [3.8, 4) is 0 Å². The number of carbonyl (C=O) groups excluding carboxylic acids is 3. The molecular weight excluding hydrogens is 460 g/mol. The second-order valence-corrected chi connectivity index (χ2v) is 8.70. The van der Waals surface area contributed by atoms with Crippen molar-refractivity contribution in [1.29, 1.82) is 0 Å². The molecule has 0 spiro atoms. The molecule has 2 N–H and O–H groups in total. The number of esters is 1. The average molecular weight is 479 g/mol. The van der Waals surface area contributed by atoms with Crippen LogP contribution in [0.4, 0.5) is 11.4 Å². The number of fused-ring (bicyclic) bond motifs is 1. The summed E-state index contributed by atoms with van der Waals surface area (Å²) in [6.07, 6.45) is 0. The summed E-state index contributed by atoms with van der Waals surface area (Å²) in [6.45, 7) is 1.86. The van der Waals surface area contributed by atoms with Crippen molar-refractivity contribution >= 4 is 62.2 Å². The van der Waals surface area contributed by atoms with Crippen LogP contribution in [0.1, 0.15) is 36.0 Å². The number of halogens is 1. The summed E-state index contributed by atoms with van der Waals surface area (Å²) < 4.78 is 5.59. The summed E-state index contributed by atoms with van der Waals surface area (Å²) in [4.78, 5) is 38.0. The number of carbonyl (C=O) groups is 3. The molecule has 6 nitrogen and oxygen atoms in total. The number of rotatable bonds is 5. The van der Waals surface area contributed by atoms with Crippen LogP contribution >= 0.6 is 22.9 Å². The second-order valence-electron chi connectivity index (χ2n) is 7.27. The van der Waals surface area contributed by atoms with Crippen LogP contribution in [0.25, 0.3) is 10.1 Å². The summed E-state index contributed by atoms with van der Waals surface area (Å²) in [7, 11) is 1.30. The molecule has 0 radical (unpaired) electrons. The minimum absolute atomic E-state index is 0.303. The first-order valence-corrected chi connectivity index (χ1v) is 11.2. The van der Waals surface area contributed by atoms with Gasteiger partial charge in [-0.3, -0.25) is 9.59 Å². The fraction of sp³-hybridized carbons (Fsp3) is 0.0800. The highest BCUT2D eigenvalue weighted by Crippen LogP contribution is 2.35. The van der Waals surface area contributed by atoms with Crippen molar-refractivity contribution in [2.75, 3.05) is 17.7 Å². The van der Waals surface area contributed by atoms with E-state index in [-0.39, 0.29) is 5.91 Å². The van der Waals surface area contributed by atoms with Gasteiger partial charge in [0, 0.05) is 15.8 Å². The second kappa shape index (κ2) is 9.44. The van der Waals surface area contributed by atoms with Gasteiger partial charge in [0.1, 0.15) is 4.88 Å². The maximum Gasteiger partial charge on any atom is 0.337 e. The molecule has 0 unspecified atom stereocenters. The van der Waals surface area contributed by atoms with Crippen LogP contribution in [0.2, 0.25) is 5.02 Å². The molecule has 4 rings (SSSR count). The normalized spacial score (nSPS) is 10.6. The Morgan fingerprint density at radius 2 is 1.64 bits per heavy atom. The SMILES string of the molecule is COC(=O)c1ccc(NC(=O)c2cc(C)ccc2NC(=O)c2sc3ccccc3c2Cl)cc1. The van der Waals surface area contributed by atoms with E-state index in [9.17, 15) is 14.4 Å². The molecule has 0 aliphatic carbocycles. The van der Waals surface area contributed by atoms with E-state index < -0.39 is 11.9 Å². The van der Waals surface area contributed by atoms with E-state index in [4.69, 9.17) is 11.6 Å². The first-order chi connectivity index (χ1) is 15.9. The highest BCUT2D eigenvalue weighted by atomic mass is 35.5. The Balaban J connectivity index is 1.58. The average Bonchev–Trinajstić information content (AvgIpc) is 3.17. The van der Waals surface area contributed by atoms with E-state index in [0.717, 1.165) is 15.6 Å². The number of anilines is 2. The molecule has 166 valence electrons. The summed E-state index contributed by atoms with van der Waals surface area (Å²) >= 11 is 7.73. The molecule has 1 aromatic heterocycles. The first kappa shape index (κ1) is 22.5. The Bertz CT molecular complexity index is 1380. The first-order valence-electron chi connectivity index (χ1n) is 9.96. The van der Waals surface area contributed by atoms with Crippen molar-refractivity contribution in [3.05, 3.63) is 93.3 Å². The summed E-state index contributed by atoms with van der Waals surface area (Å²) in [5.41, 5.74) is 2.40. The van der Waals surface area contributed by atoms with E-state index in [1.165, 1.54) is 18.4 Å². The lowest BCUT2D eigenvalue weighted by molar-refractivity contribution is 0.0600. The molecule has 0 saturated heterocycles. The smallest absolute Gasteiger partial charge is 0.337 e. The molecular formula is C25H19ClN2O4S. The van der Waals surface area contributed by atoms with Crippen LogP contribution in [0.3, 0.4) is 0 Å². The molecule has 3 aromatic carbocycles. The molecule has 33 heavy (non-hydrogen) atoms. The molecule has 0 saturated carbocycles. The van der Waals surface area contributed by atoms with Crippen molar-refractivity contribution in [2.45, 2.75) is 6.92 Å². The Hall–Kier alpha value is -3.68. The van der Waals surface area contributed by atoms with Crippen LogP contribution < -0.4 is 10.6 Å². The van der Waals surface area contributed by atoms with Gasteiger partial charge in [0.15, 0.2) is 0 Å². The lowest BCUT2D eigenvalue weighted by Crippen LogP contribution is -2.18. The van der Waals surface area contributed by atoms with Crippen LogP contribution in [0, 0.1) is 6.92 Å². The van der Waals surface area contributed by atoms with Gasteiger partial charge in [0.05, 0.1) is 28.9 Å². The number of nitrogens with one attached hydrogen (secondary N) is 2. The Kier molecular flexibility index (Phi) is 6.44. The fourth-order valence-corrected chi connectivity index (χ4v) is 4.71.